The smallest absolute Gasteiger partial charge is 0.230 e. The third kappa shape index (κ3) is 4.06. The van der Waals surface area contributed by atoms with Crippen LogP contribution in [0.4, 0.5) is 0 Å². The maximum Gasteiger partial charge on any atom is 0.230 e. The summed E-state index contributed by atoms with van der Waals surface area (Å²) in [6.07, 6.45) is 0.264. The first-order valence-corrected chi connectivity index (χ1v) is 8.35. The van der Waals surface area contributed by atoms with Crippen molar-refractivity contribution in [2.75, 3.05) is 13.7 Å². The molecule has 20 heavy (non-hydrogen) atoms. The Kier molecular flexibility index (Phi) is 6.18. The van der Waals surface area contributed by atoms with Crippen LogP contribution >= 0.6 is 11.3 Å². The van der Waals surface area contributed by atoms with Gasteiger partial charge in [-0.15, -0.1) is 11.3 Å². The van der Waals surface area contributed by atoms with Crippen LogP contribution in [0.3, 0.4) is 0 Å². The van der Waals surface area contributed by atoms with Crippen molar-refractivity contribution in [1.29, 1.82) is 5.26 Å². The minimum Gasteiger partial charge on any atom is -0.384 e. The van der Waals surface area contributed by atoms with Crippen molar-refractivity contribution in [3.63, 3.8) is 0 Å². The van der Waals surface area contributed by atoms with Crippen LogP contribution < -0.4 is 0 Å². The van der Waals surface area contributed by atoms with E-state index in [-0.39, 0.29) is 19.6 Å². The van der Waals surface area contributed by atoms with E-state index in [2.05, 4.69) is 11.8 Å². The second-order valence-corrected chi connectivity index (χ2v) is 7.24. The molecule has 0 fully saturated rings. The van der Waals surface area contributed by atoms with Crippen LogP contribution in [-0.4, -0.2) is 36.7 Å². The van der Waals surface area contributed by atoms with Crippen molar-refractivity contribution in [2.45, 2.75) is 25.1 Å². The Morgan fingerprint density at radius 1 is 1.55 bits per heavy atom. The van der Waals surface area contributed by atoms with Gasteiger partial charge in [0.15, 0.2) is 5.25 Å². The highest BCUT2D eigenvalue weighted by atomic mass is 32.2. The van der Waals surface area contributed by atoms with E-state index in [9.17, 15) is 8.42 Å². The average molecular weight is 312 g/mol. The van der Waals surface area contributed by atoms with Crippen molar-refractivity contribution in [1.82, 2.24) is 4.31 Å². The van der Waals surface area contributed by atoms with Gasteiger partial charge < -0.3 is 5.11 Å². The van der Waals surface area contributed by atoms with E-state index in [1.54, 1.807) is 13.0 Å². The predicted molar refractivity (Wildman–Crippen MR) is 78.4 cm³/mol. The van der Waals surface area contributed by atoms with Crippen molar-refractivity contribution in [3.05, 3.63) is 21.9 Å². The molecule has 1 unspecified atom stereocenters. The van der Waals surface area contributed by atoms with Crippen LogP contribution in [0, 0.1) is 23.2 Å². The van der Waals surface area contributed by atoms with Gasteiger partial charge in [0.2, 0.25) is 10.0 Å². The lowest BCUT2D eigenvalue weighted by atomic mass is 10.3. The molecule has 5 nitrogen and oxygen atoms in total. The van der Waals surface area contributed by atoms with Crippen LogP contribution in [0.1, 0.15) is 23.8 Å². The normalized spacial score (nSPS) is 12.6. The molecule has 0 radical (unpaired) electrons. The van der Waals surface area contributed by atoms with Gasteiger partial charge in [0.05, 0.1) is 10.9 Å². The molecule has 0 spiro atoms. The highest BCUT2D eigenvalue weighted by molar-refractivity contribution is 7.89. The fourth-order valence-electron chi connectivity index (χ4n) is 1.58. The first-order chi connectivity index (χ1) is 9.45. The van der Waals surface area contributed by atoms with Crippen LogP contribution in [0.2, 0.25) is 0 Å². The van der Waals surface area contributed by atoms with Gasteiger partial charge in [-0.1, -0.05) is 18.8 Å². The molecule has 1 rings (SSSR count). The van der Waals surface area contributed by atoms with Gasteiger partial charge in [-0.25, -0.2) is 8.42 Å². The fraction of sp³-hybridized carbons (Fsp3) is 0.462. The molecule has 1 aromatic rings. The van der Waals surface area contributed by atoms with Crippen molar-refractivity contribution >= 4 is 21.4 Å². The third-order valence-electron chi connectivity index (χ3n) is 2.66. The SMILES string of the molecule is CCC(C#N)S(=O)(=O)N(C)Cc1csc(C#CCO)c1. The van der Waals surface area contributed by atoms with Crippen LogP contribution in [0.15, 0.2) is 11.4 Å². The van der Waals surface area contributed by atoms with Gasteiger partial charge >= 0.3 is 0 Å². The Hall–Kier alpha value is -1.38. The molecular weight excluding hydrogens is 296 g/mol. The molecule has 0 aliphatic rings. The lowest BCUT2D eigenvalue weighted by molar-refractivity contribution is 0.350. The molecule has 1 heterocycles. The van der Waals surface area contributed by atoms with Gasteiger partial charge in [-0.3, -0.25) is 0 Å². The molecule has 7 heteroatoms. The highest BCUT2D eigenvalue weighted by Gasteiger charge is 2.28. The Labute approximate surface area is 123 Å². The van der Waals surface area contributed by atoms with E-state index in [4.69, 9.17) is 10.4 Å². The minimum atomic E-state index is -3.61. The lowest BCUT2D eigenvalue weighted by Crippen LogP contribution is -2.34. The van der Waals surface area contributed by atoms with E-state index in [1.165, 1.54) is 22.7 Å². The Balaban J connectivity index is 2.83. The van der Waals surface area contributed by atoms with Crippen molar-refractivity contribution in [3.8, 4) is 17.9 Å². The summed E-state index contributed by atoms with van der Waals surface area (Å²) in [6, 6.07) is 3.60. The number of aliphatic hydroxyl groups excluding tert-OH is 1. The monoisotopic (exact) mass is 312 g/mol. The molecule has 0 bridgehead atoms. The van der Waals surface area contributed by atoms with Crippen molar-refractivity contribution in [2.24, 2.45) is 0 Å². The average Bonchev–Trinajstić information content (AvgIpc) is 2.85. The second kappa shape index (κ2) is 7.41. The van der Waals surface area contributed by atoms with Crippen LogP contribution in [0.5, 0.6) is 0 Å². The Morgan fingerprint density at radius 3 is 2.80 bits per heavy atom. The number of hydrogen-bond acceptors (Lipinski definition) is 5. The second-order valence-electron chi connectivity index (χ2n) is 4.11. The first-order valence-electron chi connectivity index (χ1n) is 5.97. The number of nitriles is 1. The molecule has 0 aromatic carbocycles. The van der Waals surface area contributed by atoms with E-state index in [0.29, 0.717) is 0 Å². The lowest BCUT2D eigenvalue weighted by Gasteiger charge is -2.19. The number of sulfonamides is 1. The molecule has 0 saturated carbocycles. The molecule has 0 aliphatic heterocycles. The molecule has 1 atom stereocenters. The number of rotatable bonds is 5. The summed E-state index contributed by atoms with van der Waals surface area (Å²) in [5, 5.41) is 18.3. The standard InChI is InChI=1S/C13H16N2O3S2/c1-3-13(8-14)20(17,18)15(2)9-11-7-12(19-10-11)5-4-6-16/h7,10,13,16H,3,6,9H2,1-2H3. The third-order valence-corrected chi connectivity index (χ3v) is 5.71. The zero-order valence-corrected chi connectivity index (χ0v) is 13.0. The predicted octanol–water partition coefficient (Wildman–Crippen LogP) is 1.16. The summed E-state index contributed by atoms with van der Waals surface area (Å²) < 4.78 is 25.4. The highest BCUT2D eigenvalue weighted by Crippen LogP contribution is 2.18. The van der Waals surface area contributed by atoms with E-state index in [0.717, 1.165) is 10.4 Å². The number of thiophene rings is 1. The largest absolute Gasteiger partial charge is 0.384 e. The summed E-state index contributed by atoms with van der Waals surface area (Å²) >= 11 is 1.39. The molecule has 0 amide bonds. The summed E-state index contributed by atoms with van der Waals surface area (Å²) in [6.45, 7) is 1.67. The van der Waals surface area contributed by atoms with Gasteiger partial charge in [0.1, 0.15) is 6.61 Å². The van der Waals surface area contributed by atoms with Gasteiger partial charge in [-0.05, 0) is 23.4 Å². The zero-order valence-electron chi connectivity index (χ0n) is 11.3. The molecule has 0 saturated heterocycles. The minimum absolute atomic E-state index is 0.206. The topological polar surface area (TPSA) is 81.4 Å². The van der Waals surface area contributed by atoms with Crippen LogP contribution in [-0.2, 0) is 16.6 Å². The maximum atomic E-state index is 12.1. The fourth-order valence-corrected chi connectivity index (χ4v) is 3.67. The molecular formula is C13H16N2O3S2. The van der Waals surface area contributed by atoms with Gasteiger partial charge in [-0.2, -0.15) is 9.57 Å². The maximum absolute atomic E-state index is 12.1. The quantitative estimate of drug-likeness (QED) is 0.827. The number of aliphatic hydroxyl groups is 1. The molecule has 1 N–H and O–H groups in total. The van der Waals surface area contributed by atoms with E-state index in [1.807, 2.05) is 11.4 Å². The summed E-state index contributed by atoms with van der Waals surface area (Å²) in [4.78, 5) is 0.771. The molecule has 0 aliphatic carbocycles. The molecule has 108 valence electrons. The van der Waals surface area contributed by atoms with E-state index < -0.39 is 15.3 Å². The number of nitrogens with zero attached hydrogens (tertiary/aromatic N) is 2. The first kappa shape index (κ1) is 16.7. The molecule has 1 aromatic heterocycles. The van der Waals surface area contributed by atoms with Gasteiger partial charge in [0, 0.05) is 13.6 Å². The zero-order chi connectivity index (χ0) is 15.2. The summed E-state index contributed by atoms with van der Waals surface area (Å²) in [7, 11) is -2.14. The Bertz CT molecular complexity index is 647. The van der Waals surface area contributed by atoms with Gasteiger partial charge in [0.25, 0.3) is 0 Å². The van der Waals surface area contributed by atoms with E-state index >= 15 is 0 Å². The van der Waals surface area contributed by atoms with Crippen LogP contribution in [0.25, 0.3) is 0 Å². The Morgan fingerprint density at radius 2 is 2.25 bits per heavy atom. The summed E-state index contributed by atoms with van der Waals surface area (Å²) in [5.41, 5.74) is 0.816. The number of hydrogen-bond donors (Lipinski definition) is 1. The summed E-state index contributed by atoms with van der Waals surface area (Å²) in [5.74, 6) is 5.31. The van der Waals surface area contributed by atoms with Crippen molar-refractivity contribution < 1.29 is 13.5 Å².